The lowest BCUT2D eigenvalue weighted by atomic mass is 10.0. The zero-order valence-electron chi connectivity index (χ0n) is 20.1. The van der Waals surface area contributed by atoms with Crippen LogP contribution in [0.15, 0.2) is 114 Å². The smallest absolute Gasteiger partial charge is 0.258 e. The van der Waals surface area contributed by atoms with Crippen molar-refractivity contribution < 1.29 is 9.59 Å². The fourth-order valence-electron chi connectivity index (χ4n) is 4.85. The number of carbonyl (C=O) groups excluding carboxylic acids is 2. The number of hydrogen-bond donors (Lipinski definition) is 1. The van der Waals surface area contributed by atoms with E-state index in [1.54, 1.807) is 35.6 Å². The van der Waals surface area contributed by atoms with Crippen molar-refractivity contribution in [1.29, 1.82) is 0 Å². The maximum absolute atomic E-state index is 13.7. The first-order chi connectivity index (χ1) is 18.2. The van der Waals surface area contributed by atoms with Gasteiger partial charge < -0.3 is 10.2 Å². The topological polar surface area (TPSA) is 49.4 Å². The molecule has 0 saturated carbocycles. The first kappa shape index (κ1) is 23.0. The van der Waals surface area contributed by atoms with Crippen LogP contribution in [-0.2, 0) is 13.0 Å². The summed E-state index contributed by atoms with van der Waals surface area (Å²) < 4.78 is 0. The third-order valence-electron chi connectivity index (χ3n) is 6.75. The molecule has 0 saturated heterocycles. The van der Waals surface area contributed by atoms with Crippen molar-refractivity contribution >= 4 is 34.5 Å². The molecule has 6 rings (SSSR count). The van der Waals surface area contributed by atoms with Crippen molar-refractivity contribution in [2.45, 2.75) is 13.0 Å². The van der Waals surface area contributed by atoms with Gasteiger partial charge in [0, 0.05) is 22.5 Å². The summed E-state index contributed by atoms with van der Waals surface area (Å²) in [5, 5.41) is 7.02. The van der Waals surface area contributed by atoms with Gasteiger partial charge in [0.2, 0.25) is 0 Å². The van der Waals surface area contributed by atoms with E-state index in [1.165, 1.54) is 5.56 Å². The van der Waals surface area contributed by atoms with Crippen LogP contribution in [0.1, 0.15) is 37.4 Å². The van der Waals surface area contributed by atoms with E-state index in [2.05, 4.69) is 23.5 Å². The predicted molar refractivity (Wildman–Crippen MR) is 150 cm³/mol. The van der Waals surface area contributed by atoms with Crippen molar-refractivity contribution in [3.63, 3.8) is 0 Å². The minimum atomic E-state index is -0.182. The normalized spacial score (nSPS) is 12.3. The summed E-state index contributed by atoms with van der Waals surface area (Å²) in [5.74, 6) is -0.247. The van der Waals surface area contributed by atoms with Crippen LogP contribution in [0.3, 0.4) is 0 Å². The number of nitrogens with zero attached hydrogens (tertiary/aromatic N) is 1. The molecule has 0 aliphatic carbocycles. The minimum Gasteiger partial charge on any atom is -0.322 e. The Kier molecular flexibility index (Phi) is 6.13. The van der Waals surface area contributed by atoms with Crippen LogP contribution in [0.25, 0.3) is 11.1 Å². The van der Waals surface area contributed by atoms with Crippen LogP contribution in [0.4, 0.5) is 11.4 Å². The number of fused-ring (bicyclic) bond motifs is 2. The number of amides is 2. The minimum absolute atomic E-state index is 0.0650. The number of carbonyl (C=O) groups is 2. The van der Waals surface area contributed by atoms with Gasteiger partial charge in [-0.15, -0.1) is 0 Å². The fraction of sp³-hybridized carbons (Fsp3) is 0.0625. The Morgan fingerprint density at radius 3 is 2.22 bits per heavy atom. The summed E-state index contributed by atoms with van der Waals surface area (Å²) in [6.45, 7) is 0.518. The third-order valence-corrected chi connectivity index (χ3v) is 7.43. The van der Waals surface area contributed by atoms with Gasteiger partial charge in [0.25, 0.3) is 11.8 Å². The molecule has 0 radical (unpaired) electrons. The first-order valence-electron chi connectivity index (χ1n) is 12.2. The van der Waals surface area contributed by atoms with E-state index < -0.39 is 0 Å². The Balaban J connectivity index is 1.24. The van der Waals surface area contributed by atoms with E-state index in [9.17, 15) is 9.59 Å². The monoisotopic (exact) mass is 500 g/mol. The molecule has 1 aliphatic heterocycles. The molecule has 5 heteroatoms. The molecule has 0 fully saturated rings. The molecule has 0 spiro atoms. The summed E-state index contributed by atoms with van der Waals surface area (Å²) >= 11 is 1.60. The highest BCUT2D eigenvalue weighted by Crippen LogP contribution is 2.32. The molecular weight excluding hydrogens is 476 g/mol. The molecule has 37 heavy (non-hydrogen) atoms. The van der Waals surface area contributed by atoms with Crippen molar-refractivity contribution in [2.75, 3.05) is 10.2 Å². The van der Waals surface area contributed by atoms with Gasteiger partial charge in [0.05, 0.1) is 6.54 Å². The SMILES string of the molecule is O=C(Nc1ccc(C(=O)N2Cc3ccccc3Cc3ccccc32)cc1)c1ccccc1-c1ccsc1. The molecule has 4 nitrogen and oxygen atoms in total. The number of benzene rings is 4. The van der Waals surface area contributed by atoms with Gasteiger partial charge in [-0.25, -0.2) is 0 Å². The molecule has 5 aromatic rings. The number of hydrogen-bond acceptors (Lipinski definition) is 3. The van der Waals surface area contributed by atoms with E-state index in [4.69, 9.17) is 0 Å². The van der Waals surface area contributed by atoms with E-state index in [0.29, 0.717) is 23.4 Å². The van der Waals surface area contributed by atoms with Crippen LogP contribution >= 0.6 is 11.3 Å². The van der Waals surface area contributed by atoms with Gasteiger partial charge >= 0.3 is 0 Å². The van der Waals surface area contributed by atoms with Crippen LogP contribution < -0.4 is 10.2 Å². The summed E-state index contributed by atoms with van der Waals surface area (Å²) in [6.07, 6.45) is 0.800. The number of rotatable bonds is 4. The molecule has 2 amide bonds. The quantitative estimate of drug-likeness (QED) is 0.279. The predicted octanol–water partition coefficient (Wildman–Crippen LogP) is 7.42. The van der Waals surface area contributed by atoms with Gasteiger partial charge in [-0.2, -0.15) is 11.3 Å². The Morgan fingerprint density at radius 1 is 0.730 bits per heavy atom. The van der Waals surface area contributed by atoms with E-state index >= 15 is 0 Å². The number of nitrogens with one attached hydrogen (secondary N) is 1. The molecule has 0 bridgehead atoms. The molecule has 1 N–H and O–H groups in total. The number of thiophene rings is 1. The average Bonchev–Trinajstić information content (AvgIpc) is 3.42. The molecule has 1 aliphatic rings. The summed E-state index contributed by atoms with van der Waals surface area (Å²) in [5.41, 5.74) is 8.21. The Hall–Kier alpha value is -4.48. The van der Waals surface area contributed by atoms with Gasteiger partial charge in [0.15, 0.2) is 0 Å². The molecule has 2 heterocycles. The van der Waals surface area contributed by atoms with E-state index in [-0.39, 0.29) is 11.8 Å². The zero-order chi connectivity index (χ0) is 25.2. The third kappa shape index (κ3) is 4.57. The Labute approximate surface area is 219 Å². The molecule has 0 unspecified atom stereocenters. The Bertz CT molecular complexity index is 1590. The maximum Gasteiger partial charge on any atom is 0.258 e. The second-order valence-electron chi connectivity index (χ2n) is 9.05. The Morgan fingerprint density at radius 2 is 1.43 bits per heavy atom. The van der Waals surface area contributed by atoms with Gasteiger partial charge in [-0.1, -0.05) is 60.7 Å². The van der Waals surface area contributed by atoms with Gasteiger partial charge in [-0.05, 0) is 87.5 Å². The van der Waals surface area contributed by atoms with Crippen LogP contribution in [0.5, 0.6) is 0 Å². The van der Waals surface area contributed by atoms with E-state index in [1.807, 2.05) is 76.3 Å². The summed E-state index contributed by atoms with van der Waals surface area (Å²) in [6, 6.07) is 33.1. The largest absolute Gasteiger partial charge is 0.322 e. The standard InChI is InChI=1S/C32H24N2O2S/c35-31(29-11-5-4-10-28(29)26-17-18-37-21-26)33-27-15-13-22(14-16-27)32(36)34-20-25-9-2-1-7-23(25)19-24-8-3-6-12-30(24)34/h1-18,21H,19-20H2,(H,33,35). The second kappa shape index (κ2) is 9.88. The van der Waals surface area contributed by atoms with Gasteiger partial charge in [-0.3, -0.25) is 9.59 Å². The highest BCUT2D eigenvalue weighted by Gasteiger charge is 2.24. The summed E-state index contributed by atoms with van der Waals surface area (Å²) in [7, 11) is 0. The highest BCUT2D eigenvalue weighted by atomic mass is 32.1. The fourth-order valence-corrected chi connectivity index (χ4v) is 5.51. The van der Waals surface area contributed by atoms with Crippen LogP contribution in [0.2, 0.25) is 0 Å². The van der Waals surface area contributed by atoms with Crippen molar-refractivity contribution in [3.8, 4) is 11.1 Å². The number of para-hydroxylation sites is 1. The lowest BCUT2D eigenvalue weighted by molar-refractivity contribution is 0.0984. The number of anilines is 2. The highest BCUT2D eigenvalue weighted by molar-refractivity contribution is 7.08. The molecule has 4 aromatic carbocycles. The molecular formula is C32H24N2O2S. The van der Waals surface area contributed by atoms with Gasteiger partial charge in [0.1, 0.15) is 0 Å². The van der Waals surface area contributed by atoms with Crippen LogP contribution in [0, 0.1) is 0 Å². The van der Waals surface area contributed by atoms with Crippen molar-refractivity contribution in [3.05, 3.63) is 142 Å². The first-order valence-corrected chi connectivity index (χ1v) is 13.1. The maximum atomic E-state index is 13.7. The van der Waals surface area contributed by atoms with E-state index in [0.717, 1.165) is 34.4 Å². The molecule has 1 aromatic heterocycles. The average molecular weight is 501 g/mol. The molecule has 180 valence electrons. The van der Waals surface area contributed by atoms with Crippen LogP contribution in [-0.4, -0.2) is 11.8 Å². The zero-order valence-corrected chi connectivity index (χ0v) is 20.9. The van der Waals surface area contributed by atoms with Crippen molar-refractivity contribution in [1.82, 2.24) is 0 Å². The molecule has 0 atom stereocenters. The lowest BCUT2D eigenvalue weighted by Crippen LogP contribution is -2.30. The summed E-state index contributed by atoms with van der Waals surface area (Å²) in [4.78, 5) is 28.7. The van der Waals surface area contributed by atoms with Crippen molar-refractivity contribution in [2.24, 2.45) is 0 Å². The lowest BCUT2D eigenvalue weighted by Gasteiger charge is -2.23. The second-order valence-corrected chi connectivity index (χ2v) is 9.83.